The summed E-state index contributed by atoms with van der Waals surface area (Å²) in [6.07, 6.45) is 9.65. The monoisotopic (exact) mass is 281 g/mol. The van der Waals surface area contributed by atoms with Crippen molar-refractivity contribution in [1.29, 1.82) is 0 Å². The topological polar surface area (TPSA) is 40.5 Å². The van der Waals surface area contributed by atoms with Crippen molar-refractivity contribution in [1.82, 2.24) is 4.90 Å². The molecule has 0 aromatic heterocycles. The van der Waals surface area contributed by atoms with E-state index in [-0.39, 0.29) is 0 Å². The standard InChI is InChI=1S/C17H31NO2/c1-3-14-6-8-16(9-7-14)18-10-4-5-15(12-18)13(2)11-17(19)20/h13-16H,3-12H2,1-2H3,(H,19,20). The summed E-state index contributed by atoms with van der Waals surface area (Å²) in [4.78, 5) is 13.6. The van der Waals surface area contributed by atoms with Crippen molar-refractivity contribution in [2.45, 2.75) is 71.3 Å². The van der Waals surface area contributed by atoms with Crippen LogP contribution in [0.2, 0.25) is 0 Å². The van der Waals surface area contributed by atoms with E-state index in [9.17, 15) is 4.79 Å². The molecule has 0 amide bonds. The van der Waals surface area contributed by atoms with Crippen LogP contribution in [0.3, 0.4) is 0 Å². The number of nitrogens with zero attached hydrogens (tertiary/aromatic N) is 1. The molecule has 1 heterocycles. The minimum atomic E-state index is -0.641. The van der Waals surface area contributed by atoms with E-state index in [1.165, 1.54) is 51.5 Å². The molecule has 2 unspecified atom stereocenters. The fourth-order valence-corrected chi connectivity index (χ4v) is 4.20. The molecule has 0 spiro atoms. The lowest BCUT2D eigenvalue weighted by Crippen LogP contribution is -2.45. The van der Waals surface area contributed by atoms with Crippen molar-refractivity contribution in [3.05, 3.63) is 0 Å². The molecule has 1 N–H and O–H groups in total. The third kappa shape index (κ3) is 4.21. The van der Waals surface area contributed by atoms with Gasteiger partial charge in [0.15, 0.2) is 0 Å². The minimum Gasteiger partial charge on any atom is -0.481 e. The SMILES string of the molecule is CCC1CCC(N2CCCC(C(C)CC(=O)O)C2)CC1. The molecule has 1 saturated heterocycles. The second kappa shape index (κ2) is 7.44. The summed E-state index contributed by atoms with van der Waals surface area (Å²) >= 11 is 0. The summed E-state index contributed by atoms with van der Waals surface area (Å²) in [5.41, 5.74) is 0. The molecule has 3 heteroatoms. The summed E-state index contributed by atoms with van der Waals surface area (Å²) in [5.74, 6) is 1.22. The first kappa shape index (κ1) is 15.8. The third-order valence-corrected chi connectivity index (χ3v) is 5.70. The second-order valence-electron chi connectivity index (χ2n) is 7.06. The van der Waals surface area contributed by atoms with Gasteiger partial charge in [0.25, 0.3) is 0 Å². The van der Waals surface area contributed by atoms with E-state index in [4.69, 9.17) is 5.11 Å². The predicted molar refractivity (Wildman–Crippen MR) is 81.8 cm³/mol. The van der Waals surface area contributed by atoms with Crippen LogP contribution in [0.15, 0.2) is 0 Å². The number of piperidine rings is 1. The van der Waals surface area contributed by atoms with E-state index in [0.717, 1.165) is 18.5 Å². The lowest BCUT2D eigenvalue weighted by Gasteiger charge is -2.42. The molecule has 2 atom stereocenters. The molecule has 1 aliphatic carbocycles. The van der Waals surface area contributed by atoms with Gasteiger partial charge in [-0.15, -0.1) is 0 Å². The van der Waals surface area contributed by atoms with Gasteiger partial charge in [0.1, 0.15) is 0 Å². The molecule has 2 fully saturated rings. The zero-order chi connectivity index (χ0) is 14.5. The Kier molecular flexibility index (Phi) is 5.88. The summed E-state index contributed by atoms with van der Waals surface area (Å²) in [5, 5.41) is 8.97. The highest BCUT2D eigenvalue weighted by atomic mass is 16.4. The van der Waals surface area contributed by atoms with Crippen LogP contribution in [-0.4, -0.2) is 35.1 Å². The highest BCUT2D eigenvalue weighted by Crippen LogP contribution is 2.33. The maximum absolute atomic E-state index is 10.9. The van der Waals surface area contributed by atoms with Gasteiger partial charge in [-0.3, -0.25) is 4.79 Å². The van der Waals surface area contributed by atoms with Gasteiger partial charge >= 0.3 is 5.97 Å². The normalized spacial score (nSPS) is 33.8. The summed E-state index contributed by atoms with van der Waals surface area (Å²) in [6.45, 7) is 6.80. The Morgan fingerprint density at radius 3 is 2.55 bits per heavy atom. The molecule has 0 bridgehead atoms. The highest BCUT2D eigenvalue weighted by molar-refractivity contribution is 5.67. The molecule has 116 valence electrons. The van der Waals surface area contributed by atoms with Crippen LogP contribution in [0.4, 0.5) is 0 Å². The molecule has 20 heavy (non-hydrogen) atoms. The molecule has 0 aromatic carbocycles. The van der Waals surface area contributed by atoms with Crippen LogP contribution in [0.1, 0.15) is 65.2 Å². The van der Waals surface area contributed by atoms with E-state index >= 15 is 0 Å². The maximum atomic E-state index is 10.9. The number of hydrogen-bond acceptors (Lipinski definition) is 2. The van der Waals surface area contributed by atoms with Gasteiger partial charge in [0.2, 0.25) is 0 Å². The number of likely N-dealkylation sites (tertiary alicyclic amines) is 1. The highest BCUT2D eigenvalue weighted by Gasteiger charge is 2.31. The Labute approximate surface area is 123 Å². The van der Waals surface area contributed by atoms with Crippen molar-refractivity contribution in [3.8, 4) is 0 Å². The first-order valence-corrected chi connectivity index (χ1v) is 8.56. The Bertz CT molecular complexity index is 310. The maximum Gasteiger partial charge on any atom is 0.303 e. The predicted octanol–water partition coefficient (Wildman–Crippen LogP) is 3.78. The van der Waals surface area contributed by atoms with E-state index in [1.54, 1.807) is 0 Å². The van der Waals surface area contributed by atoms with Crippen LogP contribution < -0.4 is 0 Å². The zero-order valence-electron chi connectivity index (χ0n) is 13.2. The first-order chi connectivity index (χ1) is 9.60. The van der Waals surface area contributed by atoms with Gasteiger partial charge in [-0.2, -0.15) is 0 Å². The fourth-order valence-electron chi connectivity index (χ4n) is 4.20. The van der Waals surface area contributed by atoms with Gasteiger partial charge in [-0.1, -0.05) is 20.3 Å². The van der Waals surface area contributed by atoms with Crippen LogP contribution in [0.5, 0.6) is 0 Å². The first-order valence-electron chi connectivity index (χ1n) is 8.56. The van der Waals surface area contributed by atoms with Gasteiger partial charge < -0.3 is 10.0 Å². The van der Waals surface area contributed by atoms with Crippen LogP contribution >= 0.6 is 0 Å². The molecule has 2 rings (SSSR count). The number of carboxylic acid groups (broad SMARTS) is 1. The Balaban J connectivity index is 1.82. The van der Waals surface area contributed by atoms with Crippen molar-refractivity contribution < 1.29 is 9.90 Å². The van der Waals surface area contributed by atoms with Crippen molar-refractivity contribution >= 4 is 5.97 Å². The molecule has 2 aliphatic rings. The third-order valence-electron chi connectivity index (χ3n) is 5.70. The van der Waals surface area contributed by atoms with Crippen LogP contribution in [-0.2, 0) is 4.79 Å². The average Bonchev–Trinajstić information content (AvgIpc) is 2.47. The summed E-state index contributed by atoms with van der Waals surface area (Å²) < 4.78 is 0. The van der Waals surface area contributed by atoms with Gasteiger partial charge in [-0.25, -0.2) is 0 Å². The lowest BCUT2D eigenvalue weighted by molar-refractivity contribution is -0.138. The molecule has 0 aromatic rings. The molecule has 1 saturated carbocycles. The van der Waals surface area contributed by atoms with E-state index in [0.29, 0.717) is 18.3 Å². The second-order valence-corrected chi connectivity index (χ2v) is 7.06. The number of aliphatic carboxylic acids is 1. The summed E-state index contributed by atoms with van der Waals surface area (Å²) in [6, 6.07) is 0.776. The van der Waals surface area contributed by atoms with E-state index < -0.39 is 5.97 Å². The van der Waals surface area contributed by atoms with Gasteiger partial charge in [-0.05, 0) is 62.8 Å². The Morgan fingerprint density at radius 1 is 1.25 bits per heavy atom. The number of rotatable bonds is 5. The Hall–Kier alpha value is -0.570. The zero-order valence-corrected chi connectivity index (χ0v) is 13.2. The van der Waals surface area contributed by atoms with E-state index in [2.05, 4.69) is 18.7 Å². The van der Waals surface area contributed by atoms with Crippen molar-refractivity contribution in [2.24, 2.45) is 17.8 Å². The average molecular weight is 281 g/mol. The van der Waals surface area contributed by atoms with Gasteiger partial charge in [0.05, 0.1) is 0 Å². The quantitative estimate of drug-likeness (QED) is 0.833. The molecule has 0 radical (unpaired) electrons. The van der Waals surface area contributed by atoms with E-state index in [1.807, 2.05) is 0 Å². The molecular weight excluding hydrogens is 250 g/mol. The largest absolute Gasteiger partial charge is 0.481 e. The number of hydrogen-bond donors (Lipinski definition) is 1. The number of carboxylic acids is 1. The number of carbonyl (C=O) groups is 1. The lowest BCUT2D eigenvalue weighted by atomic mass is 9.80. The van der Waals surface area contributed by atoms with Crippen molar-refractivity contribution in [3.63, 3.8) is 0 Å². The molecular formula is C17H31NO2. The van der Waals surface area contributed by atoms with Crippen molar-refractivity contribution in [2.75, 3.05) is 13.1 Å². The van der Waals surface area contributed by atoms with Gasteiger partial charge in [0, 0.05) is 19.0 Å². The Morgan fingerprint density at radius 2 is 1.95 bits per heavy atom. The molecule has 3 nitrogen and oxygen atoms in total. The van der Waals surface area contributed by atoms with Crippen LogP contribution in [0.25, 0.3) is 0 Å². The summed E-state index contributed by atoms with van der Waals surface area (Å²) in [7, 11) is 0. The minimum absolute atomic E-state index is 0.322. The van der Waals surface area contributed by atoms with Crippen LogP contribution in [0, 0.1) is 17.8 Å². The molecule has 1 aliphatic heterocycles. The fraction of sp³-hybridized carbons (Fsp3) is 0.941. The smallest absolute Gasteiger partial charge is 0.303 e.